The van der Waals surface area contributed by atoms with E-state index in [4.69, 9.17) is 0 Å². The summed E-state index contributed by atoms with van der Waals surface area (Å²) in [4.78, 5) is 6.93. The lowest BCUT2D eigenvalue weighted by Crippen LogP contribution is -2.35. The van der Waals surface area contributed by atoms with Crippen LogP contribution in [0.3, 0.4) is 0 Å². The van der Waals surface area contributed by atoms with E-state index in [1.165, 1.54) is 54.8 Å². The third kappa shape index (κ3) is 2.99. The summed E-state index contributed by atoms with van der Waals surface area (Å²) in [6.07, 6.45) is 6.68. The third-order valence-corrected chi connectivity index (χ3v) is 4.32. The first-order chi connectivity index (χ1) is 9.15. The Labute approximate surface area is 117 Å². The largest absolute Gasteiger partial charge is 0.333 e. The van der Waals surface area contributed by atoms with Gasteiger partial charge in [0.1, 0.15) is 5.84 Å². The summed E-state index contributed by atoms with van der Waals surface area (Å²) >= 11 is 0. The number of hydrogen-bond donors (Lipinski definition) is 0. The molecule has 104 valence electrons. The van der Waals surface area contributed by atoms with Gasteiger partial charge in [0.2, 0.25) is 0 Å². The van der Waals surface area contributed by atoms with Crippen molar-refractivity contribution in [3.63, 3.8) is 0 Å². The number of rotatable bonds is 2. The fourth-order valence-electron chi connectivity index (χ4n) is 3.42. The Kier molecular flexibility index (Phi) is 4.62. The topological polar surface area (TPSA) is 15.6 Å². The van der Waals surface area contributed by atoms with Crippen LogP contribution < -0.4 is 4.90 Å². The highest BCUT2D eigenvalue weighted by molar-refractivity contribution is 6.00. The number of amidine groups is 1. The molecule has 2 nitrogen and oxygen atoms in total. The molecule has 0 unspecified atom stereocenters. The number of nitrogens with zero attached hydrogens (tertiary/aromatic N) is 2. The van der Waals surface area contributed by atoms with Gasteiger partial charge in [-0.25, -0.2) is 0 Å². The lowest BCUT2D eigenvalue weighted by atomic mass is 9.87. The summed E-state index contributed by atoms with van der Waals surface area (Å²) in [6.45, 7) is 4.37. The van der Waals surface area contributed by atoms with Crippen molar-refractivity contribution in [1.82, 2.24) is 0 Å². The summed E-state index contributed by atoms with van der Waals surface area (Å²) in [5.74, 6) is 1.90. The van der Waals surface area contributed by atoms with Gasteiger partial charge in [0.15, 0.2) is 0 Å². The Morgan fingerprint density at radius 3 is 2.21 bits per heavy atom. The van der Waals surface area contributed by atoms with Gasteiger partial charge in [0.05, 0.1) is 0 Å². The summed E-state index contributed by atoms with van der Waals surface area (Å²) < 4.78 is 0. The number of hydrogen-bond acceptors (Lipinski definition) is 1. The molecule has 0 atom stereocenters. The normalized spacial score (nSPS) is 17.6. The predicted octanol–water partition coefficient (Wildman–Crippen LogP) is 4.35. The van der Waals surface area contributed by atoms with Crippen molar-refractivity contribution < 1.29 is 0 Å². The standard InChI is InChI=1S/C17H26N2/c1-13-9-8-10-14(2)16(13)19(4)17(18-3)15-11-6-5-7-12-15/h8-10,15H,5-7,11-12H2,1-4H3. The molecule has 1 aromatic carbocycles. The van der Waals surface area contributed by atoms with Crippen LogP contribution in [0.2, 0.25) is 0 Å². The van der Waals surface area contributed by atoms with Crippen LogP contribution in [0.5, 0.6) is 0 Å². The molecule has 1 aliphatic carbocycles. The average Bonchev–Trinajstić information content (AvgIpc) is 2.40. The first kappa shape index (κ1) is 14.1. The molecule has 0 radical (unpaired) electrons. The predicted molar refractivity (Wildman–Crippen MR) is 84.3 cm³/mol. The summed E-state index contributed by atoms with van der Waals surface area (Å²) in [6, 6.07) is 6.51. The highest BCUT2D eigenvalue weighted by atomic mass is 15.2. The Bertz CT molecular complexity index is 436. The molecule has 19 heavy (non-hydrogen) atoms. The van der Waals surface area contributed by atoms with Gasteiger partial charge < -0.3 is 4.90 Å². The van der Waals surface area contributed by atoms with E-state index < -0.39 is 0 Å². The van der Waals surface area contributed by atoms with Crippen LogP contribution in [0.1, 0.15) is 43.2 Å². The van der Waals surface area contributed by atoms with Crippen LogP contribution in [0.4, 0.5) is 5.69 Å². The molecule has 2 heteroatoms. The third-order valence-electron chi connectivity index (χ3n) is 4.32. The van der Waals surface area contributed by atoms with Crippen molar-refractivity contribution in [3.05, 3.63) is 29.3 Å². The van der Waals surface area contributed by atoms with Crippen LogP contribution in [0.25, 0.3) is 0 Å². The van der Waals surface area contributed by atoms with Crippen molar-refractivity contribution in [2.24, 2.45) is 10.9 Å². The quantitative estimate of drug-likeness (QED) is 0.569. The average molecular weight is 258 g/mol. The Balaban J connectivity index is 2.28. The molecule has 2 rings (SSSR count). The molecule has 0 aromatic heterocycles. The maximum atomic E-state index is 4.61. The number of benzene rings is 1. The van der Waals surface area contributed by atoms with E-state index in [0.29, 0.717) is 5.92 Å². The number of aryl methyl sites for hydroxylation is 2. The Hall–Kier alpha value is -1.31. The van der Waals surface area contributed by atoms with Crippen LogP contribution in [-0.4, -0.2) is 19.9 Å². The Morgan fingerprint density at radius 2 is 1.68 bits per heavy atom. The maximum absolute atomic E-state index is 4.61. The SMILES string of the molecule is CN=C(C1CCCCC1)N(C)c1c(C)cccc1C. The van der Waals surface area contributed by atoms with Crippen LogP contribution in [-0.2, 0) is 0 Å². The van der Waals surface area contributed by atoms with Crippen molar-refractivity contribution in [3.8, 4) is 0 Å². The second-order valence-electron chi connectivity index (χ2n) is 5.72. The number of para-hydroxylation sites is 1. The zero-order chi connectivity index (χ0) is 13.8. The monoisotopic (exact) mass is 258 g/mol. The van der Waals surface area contributed by atoms with Crippen LogP contribution >= 0.6 is 0 Å². The van der Waals surface area contributed by atoms with Gasteiger partial charge in [0.25, 0.3) is 0 Å². The summed E-state index contributed by atoms with van der Waals surface area (Å²) in [5.41, 5.74) is 3.99. The zero-order valence-electron chi connectivity index (χ0n) is 12.7. The first-order valence-electron chi connectivity index (χ1n) is 7.41. The van der Waals surface area contributed by atoms with Crippen molar-refractivity contribution in [1.29, 1.82) is 0 Å². The van der Waals surface area contributed by atoms with E-state index in [0.717, 1.165) is 0 Å². The molecule has 1 aliphatic rings. The van der Waals surface area contributed by atoms with E-state index in [-0.39, 0.29) is 0 Å². The minimum absolute atomic E-state index is 0.641. The molecule has 0 bridgehead atoms. The molecule has 1 aromatic rings. The molecule has 0 amide bonds. The molecule has 0 saturated heterocycles. The second-order valence-corrected chi connectivity index (χ2v) is 5.72. The van der Waals surface area contributed by atoms with E-state index >= 15 is 0 Å². The minimum atomic E-state index is 0.641. The Morgan fingerprint density at radius 1 is 1.11 bits per heavy atom. The molecular weight excluding hydrogens is 232 g/mol. The smallest absolute Gasteiger partial charge is 0.106 e. The summed E-state index contributed by atoms with van der Waals surface area (Å²) in [5, 5.41) is 0. The molecule has 0 heterocycles. The minimum Gasteiger partial charge on any atom is -0.333 e. The molecule has 0 N–H and O–H groups in total. The molecular formula is C17H26N2. The number of anilines is 1. The van der Waals surface area contributed by atoms with Crippen molar-refractivity contribution in [2.45, 2.75) is 46.0 Å². The van der Waals surface area contributed by atoms with E-state index in [1.807, 2.05) is 7.05 Å². The van der Waals surface area contributed by atoms with Gasteiger partial charge in [-0.2, -0.15) is 0 Å². The van der Waals surface area contributed by atoms with Gasteiger partial charge >= 0.3 is 0 Å². The fraction of sp³-hybridized carbons (Fsp3) is 0.588. The van der Waals surface area contributed by atoms with Crippen molar-refractivity contribution in [2.75, 3.05) is 19.0 Å². The zero-order valence-corrected chi connectivity index (χ0v) is 12.7. The maximum Gasteiger partial charge on any atom is 0.106 e. The van der Waals surface area contributed by atoms with E-state index in [1.54, 1.807) is 0 Å². The second kappa shape index (κ2) is 6.23. The van der Waals surface area contributed by atoms with E-state index in [2.05, 4.69) is 49.0 Å². The lowest BCUT2D eigenvalue weighted by Gasteiger charge is -2.32. The molecule has 1 fully saturated rings. The lowest BCUT2D eigenvalue weighted by molar-refractivity contribution is 0.436. The van der Waals surface area contributed by atoms with Crippen LogP contribution in [0, 0.1) is 19.8 Å². The van der Waals surface area contributed by atoms with Crippen LogP contribution in [0.15, 0.2) is 23.2 Å². The highest BCUT2D eigenvalue weighted by Crippen LogP contribution is 2.30. The fourth-order valence-corrected chi connectivity index (χ4v) is 3.42. The number of aliphatic imine (C=N–C) groups is 1. The first-order valence-corrected chi connectivity index (χ1v) is 7.41. The molecule has 0 spiro atoms. The van der Waals surface area contributed by atoms with Gasteiger partial charge in [-0.1, -0.05) is 37.5 Å². The van der Waals surface area contributed by atoms with Gasteiger partial charge in [-0.15, -0.1) is 0 Å². The summed E-state index contributed by atoms with van der Waals surface area (Å²) in [7, 11) is 4.11. The van der Waals surface area contributed by atoms with Crippen molar-refractivity contribution >= 4 is 11.5 Å². The molecule has 0 aliphatic heterocycles. The van der Waals surface area contributed by atoms with Gasteiger partial charge in [-0.05, 0) is 37.8 Å². The van der Waals surface area contributed by atoms with Gasteiger partial charge in [-0.3, -0.25) is 4.99 Å². The highest BCUT2D eigenvalue weighted by Gasteiger charge is 2.23. The molecule has 1 saturated carbocycles. The van der Waals surface area contributed by atoms with Gasteiger partial charge in [0, 0.05) is 25.7 Å². The van der Waals surface area contributed by atoms with E-state index in [9.17, 15) is 0 Å².